The second-order valence-electron chi connectivity index (χ2n) is 4.67. The Bertz CT molecular complexity index is 626. The molecule has 0 fully saturated rings. The third-order valence-electron chi connectivity index (χ3n) is 3.24. The number of halogens is 1. The van der Waals surface area contributed by atoms with Crippen LogP contribution in [0, 0.1) is 5.82 Å². The van der Waals surface area contributed by atoms with Crippen LogP contribution in [-0.2, 0) is 0 Å². The van der Waals surface area contributed by atoms with E-state index in [1.54, 1.807) is 30.3 Å². The van der Waals surface area contributed by atoms with E-state index in [0.717, 1.165) is 6.20 Å². The summed E-state index contributed by atoms with van der Waals surface area (Å²) >= 11 is 0. The van der Waals surface area contributed by atoms with Crippen molar-refractivity contribution in [2.24, 2.45) is 0 Å². The Morgan fingerprint density at radius 1 is 1.09 bits per heavy atom. The minimum atomic E-state index is -0.427. The summed E-state index contributed by atoms with van der Waals surface area (Å²) in [6.45, 7) is -0.0433. The van der Waals surface area contributed by atoms with Crippen LogP contribution >= 0.6 is 0 Å². The Morgan fingerprint density at radius 2 is 1.73 bits per heavy atom. The van der Waals surface area contributed by atoms with Crippen LogP contribution in [0.15, 0.2) is 42.7 Å². The largest absolute Gasteiger partial charge is 0.395 e. The first-order valence-corrected chi connectivity index (χ1v) is 6.88. The van der Waals surface area contributed by atoms with E-state index < -0.39 is 5.82 Å². The van der Waals surface area contributed by atoms with Crippen molar-refractivity contribution >= 4 is 5.91 Å². The van der Waals surface area contributed by atoms with Gasteiger partial charge in [0.2, 0.25) is 0 Å². The molecule has 2 N–H and O–H groups in total. The number of pyridine rings is 1. The van der Waals surface area contributed by atoms with Gasteiger partial charge in [-0.05, 0) is 23.8 Å². The van der Waals surface area contributed by atoms with Gasteiger partial charge < -0.3 is 15.1 Å². The number of aliphatic hydroxyl groups is 2. The third-order valence-corrected chi connectivity index (χ3v) is 3.24. The Balaban J connectivity index is 2.21. The van der Waals surface area contributed by atoms with Crippen molar-refractivity contribution in [1.29, 1.82) is 0 Å². The van der Waals surface area contributed by atoms with Gasteiger partial charge >= 0.3 is 0 Å². The highest BCUT2D eigenvalue weighted by molar-refractivity contribution is 5.94. The lowest BCUT2D eigenvalue weighted by Gasteiger charge is -2.20. The van der Waals surface area contributed by atoms with Crippen LogP contribution in [0.3, 0.4) is 0 Å². The number of amides is 1. The fraction of sp³-hybridized carbons (Fsp3) is 0.250. The number of benzene rings is 1. The van der Waals surface area contributed by atoms with E-state index >= 15 is 0 Å². The molecular weight excluding hydrogens is 287 g/mol. The Morgan fingerprint density at radius 3 is 2.27 bits per heavy atom. The molecule has 2 aromatic rings. The molecule has 2 rings (SSSR count). The molecule has 116 valence electrons. The predicted molar refractivity (Wildman–Crippen MR) is 79.7 cm³/mol. The summed E-state index contributed by atoms with van der Waals surface area (Å²) in [6, 6.07) is 8.07. The van der Waals surface area contributed by atoms with Gasteiger partial charge in [-0.3, -0.25) is 9.78 Å². The van der Waals surface area contributed by atoms with Gasteiger partial charge in [0.25, 0.3) is 5.91 Å². The summed E-state index contributed by atoms with van der Waals surface area (Å²) in [5.41, 5.74) is 1.48. The maximum Gasteiger partial charge on any atom is 0.254 e. The molecule has 0 aliphatic rings. The molecule has 0 radical (unpaired) electrons. The molecule has 6 heteroatoms. The van der Waals surface area contributed by atoms with Gasteiger partial charge in [0.15, 0.2) is 0 Å². The van der Waals surface area contributed by atoms with E-state index in [1.165, 1.54) is 11.1 Å². The van der Waals surface area contributed by atoms with Crippen LogP contribution < -0.4 is 0 Å². The normalized spacial score (nSPS) is 10.5. The minimum absolute atomic E-state index is 0.153. The number of carbonyl (C=O) groups excluding carboxylic acids is 1. The van der Waals surface area contributed by atoms with E-state index in [1.807, 2.05) is 0 Å². The molecule has 1 amide bonds. The van der Waals surface area contributed by atoms with Crippen LogP contribution in [0.5, 0.6) is 0 Å². The molecule has 0 spiro atoms. The maximum atomic E-state index is 13.7. The fourth-order valence-electron chi connectivity index (χ4n) is 2.14. The first-order valence-electron chi connectivity index (χ1n) is 6.88. The van der Waals surface area contributed by atoms with E-state index in [9.17, 15) is 9.18 Å². The van der Waals surface area contributed by atoms with E-state index in [-0.39, 0.29) is 32.2 Å². The zero-order valence-electron chi connectivity index (χ0n) is 11.9. The number of carbonyl (C=O) groups is 1. The molecule has 1 heterocycles. The van der Waals surface area contributed by atoms with E-state index in [4.69, 9.17) is 10.2 Å². The van der Waals surface area contributed by atoms with Crippen LogP contribution in [0.2, 0.25) is 0 Å². The maximum absolute atomic E-state index is 13.7. The zero-order chi connectivity index (χ0) is 15.9. The van der Waals surface area contributed by atoms with Crippen LogP contribution in [0.4, 0.5) is 4.39 Å². The van der Waals surface area contributed by atoms with Crippen LogP contribution in [0.1, 0.15) is 10.4 Å². The fourth-order valence-corrected chi connectivity index (χ4v) is 2.14. The highest BCUT2D eigenvalue weighted by Gasteiger charge is 2.15. The number of rotatable bonds is 6. The quantitative estimate of drug-likeness (QED) is 0.844. The van der Waals surface area contributed by atoms with Gasteiger partial charge in [-0.15, -0.1) is 0 Å². The molecule has 22 heavy (non-hydrogen) atoms. The average molecular weight is 304 g/mol. The number of aliphatic hydroxyl groups excluding tert-OH is 2. The van der Waals surface area contributed by atoms with Gasteiger partial charge in [-0.25, -0.2) is 4.39 Å². The van der Waals surface area contributed by atoms with Gasteiger partial charge in [0.1, 0.15) is 5.82 Å². The molecular formula is C16H17FN2O3. The number of nitrogens with zero attached hydrogens (tertiary/aromatic N) is 2. The van der Waals surface area contributed by atoms with Gasteiger partial charge in [0.05, 0.1) is 19.4 Å². The molecule has 0 saturated heterocycles. The molecule has 0 atom stereocenters. The smallest absolute Gasteiger partial charge is 0.254 e. The monoisotopic (exact) mass is 304 g/mol. The summed E-state index contributed by atoms with van der Waals surface area (Å²) in [7, 11) is 0. The lowest BCUT2D eigenvalue weighted by Crippen LogP contribution is -2.35. The molecule has 0 aliphatic heterocycles. The topological polar surface area (TPSA) is 73.7 Å². The number of hydrogen-bond acceptors (Lipinski definition) is 4. The Hall–Kier alpha value is -2.31. The third kappa shape index (κ3) is 3.66. The molecule has 1 aromatic heterocycles. The summed E-state index contributed by atoms with van der Waals surface area (Å²) in [4.78, 5) is 17.3. The summed E-state index contributed by atoms with van der Waals surface area (Å²) in [6.07, 6.45) is 2.64. The highest BCUT2D eigenvalue weighted by atomic mass is 19.1. The van der Waals surface area contributed by atoms with Crippen molar-refractivity contribution in [1.82, 2.24) is 9.88 Å². The lowest BCUT2D eigenvalue weighted by molar-refractivity contribution is 0.0685. The minimum Gasteiger partial charge on any atom is -0.395 e. The second-order valence-corrected chi connectivity index (χ2v) is 4.67. The standard InChI is InChI=1S/C16H17FN2O3/c17-15-11-18-6-5-14(15)12-1-3-13(4-2-12)16(22)19(7-9-20)8-10-21/h1-6,11,20-21H,7-10H2. The zero-order valence-corrected chi connectivity index (χ0v) is 11.9. The van der Waals surface area contributed by atoms with Crippen LogP contribution in [0.25, 0.3) is 11.1 Å². The van der Waals surface area contributed by atoms with Gasteiger partial charge in [-0.1, -0.05) is 12.1 Å². The second kappa shape index (κ2) is 7.63. The molecule has 0 unspecified atom stereocenters. The van der Waals surface area contributed by atoms with Crippen molar-refractivity contribution in [3.8, 4) is 11.1 Å². The molecule has 0 bridgehead atoms. The van der Waals surface area contributed by atoms with Crippen molar-refractivity contribution < 1.29 is 19.4 Å². The highest BCUT2D eigenvalue weighted by Crippen LogP contribution is 2.22. The van der Waals surface area contributed by atoms with E-state index in [2.05, 4.69) is 4.98 Å². The predicted octanol–water partition coefficient (Wildman–Crippen LogP) is 1.31. The first-order chi connectivity index (χ1) is 10.7. The number of aromatic nitrogens is 1. The molecule has 0 saturated carbocycles. The molecule has 0 aliphatic carbocycles. The van der Waals surface area contributed by atoms with Crippen LogP contribution in [-0.4, -0.2) is 52.3 Å². The first kappa shape index (κ1) is 16.1. The summed E-state index contributed by atoms with van der Waals surface area (Å²) < 4.78 is 13.7. The van der Waals surface area contributed by atoms with Crippen molar-refractivity contribution in [2.45, 2.75) is 0 Å². The SMILES string of the molecule is O=C(c1ccc(-c2ccncc2F)cc1)N(CCO)CCO. The average Bonchev–Trinajstić information content (AvgIpc) is 2.55. The van der Waals surface area contributed by atoms with E-state index in [0.29, 0.717) is 16.7 Å². The molecule has 1 aromatic carbocycles. The van der Waals surface area contributed by atoms with Crippen molar-refractivity contribution in [3.63, 3.8) is 0 Å². The Kier molecular flexibility index (Phi) is 5.57. The lowest BCUT2D eigenvalue weighted by atomic mass is 10.0. The summed E-state index contributed by atoms with van der Waals surface area (Å²) in [5, 5.41) is 17.9. The van der Waals surface area contributed by atoms with Crippen molar-refractivity contribution in [3.05, 3.63) is 54.1 Å². The Labute approximate surface area is 127 Å². The van der Waals surface area contributed by atoms with Gasteiger partial charge in [0, 0.05) is 30.4 Å². The van der Waals surface area contributed by atoms with Gasteiger partial charge in [-0.2, -0.15) is 0 Å². The van der Waals surface area contributed by atoms with Crippen molar-refractivity contribution in [2.75, 3.05) is 26.3 Å². The number of hydrogen-bond donors (Lipinski definition) is 2. The molecule has 5 nitrogen and oxygen atoms in total. The summed E-state index contributed by atoms with van der Waals surface area (Å²) in [5.74, 6) is -0.714.